The Bertz CT molecular complexity index is 403. The predicted molar refractivity (Wildman–Crippen MR) is 76.6 cm³/mol. The second-order valence-corrected chi connectivity index (χ2v) is 5.59. The van der Waals surface area contributed by atoms with Crippen LogP contribution in [0.15, 0.2) is 0 Å². The molecule has 6 heteroatoms. The lowest BCUT2D eigenvalue weighted by molar-refractivity contribution is -0.159. The molecule has 0 aromatic heterocycles. The van der Waals surface area contributed by atoms with E-state index in [4.69, 9.17) is 4.74 Å². The number of carboxylic acid groups (broad SMARTS) is 1. The Morgan fingerprint density at radius 1 is 1.24 bits per heavy atom. The predicted octanol–water partition coefficient (Wildman–Crippen LogP) is 1.82. The summed E-state index contributed by atoms with van der Waals surface area (Å²) in [6, 6.07) is -0.573. The second-order valence-electron chi connectivity index (χ2n) is 5.59. The third-order valence-corrected chi connectivity index (χ3v) is 4.59. The van der Waals surface area contributed by atoms with Gasteiger partial charge in [-0.15, -0.1) is 0 Å². The fraction of sp³-hybridized carbons (Fsp3) is 0.800. The van der Waals surface area contributed by atoms with E-state index in [9.17, 15) is 19.5 Å². The van der Waals surface area contributed by atoms with Crippen molar-refractivity contribution in [3.05, 3.63) is 0 Å². The van der Waals surface area contributed by atoms with Crippen LogP contribution in [0.4, 0.5) is 0 Å². The van der Waals surface area contributed by atoms with Crippen molar-refractivity contribution in [2.24, 2.45) is 5.41 Å². The lowest BCUT2D eigenvalue weighted by Crippen LogP contribution is -2.50. The molecule has 1 aliphatic heterocycles. The largest absolute Gasteiger partial charge is 0.481 e. The third-order valence-electron chi connectivity index (χ3n) is 4.59. The molecule has 0 spiro atoms. The van der Waals surface area contributed by atoms with E-state index in [1.807, 2.05) is 0 Å². The molecule has 0 aliphatic carbocycles. The number of methoxy groups -OCH3 is 1. The van der Waals surface area contributed by atoms with E-state index in [2.05, 4.69) is 0 Å². The zero-order chi connectivity index (χ0) is 16.0. The van der Waals surface area contributed by atoms with Crippen molar-refractivity contribution in [1.82, 2.24) is 4.90 Å². The van der Waals surface area contributed by atoms with E-state index in [1.54, 1.807) is 13.8 Å². The number of rotatable bonds is 6. The first-order valence-corrected chi connectivity index (χ1v) is 7.52. The maximum absolute atomic E-state index is 12.5. The molecule has 1 fully saturated rings. The molecule has 1 heterocycles. The highest BCUT2D eigenvalue weighted by molar-refractivity contribution is 5.88. The molecule has 1 rings (SSSR count). The number of carboxylic acids is 1. The van der Waals surface area contributed by atoms with Crippen molar-refractivity contribution in [3.63, 3.8) is 0 Å². The minimum absolute atomic E-state index is 0.0666. The first kappa shape index (κ1) is 17.5. The fourth-order valence-corrected chi connectivity index (χ4v) is 2.88. The number of esters is 1. The van der Waals surface area contributed by atoms with Crippen molar-refractivity contribution >= 4 is 17.8 Å². The average Bonchev–Trinajstić information content (AvgIpc) is 2.51. The maximum Gasteiger partial charge on any atom is 0.328 e. The first-order valence-electron chi connectivity index (χ1n) is 7.52. The van der Waals surface area contributed by atoms with E-state index >= 15 is 0 Å². The van der Waals surface area contributed by atoms with Gasteiger partial charge in [0.1, 0.15) is 6.04 Å². The second kappa shape index (κ2) is 7.43. The Labute approximate surface area is 125 Å². The summed E-state index contributed by atoms with van der Waals surface area (Å²) < 4.78 is 4.75. The van der Waals surface area contributed by atoms with E-state index in [0.29, 0.717) is 25.8 Å². The first-order chi connectivity index (χ1) is 9.91. The van der Waals surface area contributed by atoms with Crippen molar-refractivity contribution in [2.75, 3.05) is 13.7 Å². The highest BCUT2D eigenvalue weighted by Crippen LogP contribution is 2.33. The summed E-state index contributed by atoms with van der Waals surface area (Å²) in [6.45, 7) is 4.04. The minimum Gasteiger partial charge on any atom is -0.481 e. The number of likely N-dealkylation sites (tertiary alicyclic amines) is 1. The van der Waals surface area contributed by atoms with Crippen LogP contribution in [0, 0.1) is 5.41 Å². The zero-order valence-corrected chi connectivity index (χ0v) is 13.1. The van der Waals surface area contributed by atoms with Gasteiger partial charge >= 0.3 is 11.9 Å². The molecule has 0 radical (unpaired) electrons. The summed E-state index contributed by atoms with van der Waals surface area (Å²) in [5, 5.41) is 9.43. The summed E-state index contributed by atoms with van der Waals surface area (Å²) in [6.07, 6.45) is 2.99. The smallest absolute Gasteiger partial charge is 0.328 e. The van der Waals surface area contributed by atoms with E-state index in [1.165, 1.54) is 12.0 Å². The number of piperidine rings is 1. The van der Waals surface area contributed by atoms with E-state index < -0.39 is 23.4 Å². The average molecular weight is 299 g/mol. The molecule has 0 bridgehead atoms. The molecule has 0 aromatic carbocycles. The van der Waals surface area contributed by atoms with Gasteiger partial charge in [-0.25, -0.2) is 4.79 Å². The Morgan fingerprint density at radius 3 is 2.33 bits per heavy atom. The lowest BCUT2D eigenvalue weighted by Gasteiger charge is -2.36. The standard InChI is InChI=1S/C15H25NO5/c1-4-15(5-2,14(19)20)10-12(17)16-9-7-6-8-11(16)13(18)21-3/h11H,4-10H2,1-3H3,(H,19,20). The van der Waals surface area contributed by atoms with Crippen LogP contribution in [0.5, 0.6) is 0 Å². The van der Waals surface area contributed by atoms with Crippen LogP contribution in [0.1, 0.15) is 52.4 Å². The summed E-state index contributed by atoms with van der Waals surface area (Å²) in [5.74, 6) is -1.64. The van der Waals surface area contributed by atoms with Crippen LogP contribution in [-0.4, -0.2) is 47.5 Å². The summed E-state index contributed by atoms with van der Waals surface area (Å²) in [5.41, 5.74) is -1.05. The van der Waals surface area contributed by atoms with Gasteiger partial charge in [-0.1, -0.05) is 13.8 Å². The minimum atomic E-state index is -1.05. The lowest BCUT2D eigenvalue weighted by atomic mass is 9.78. The van der Waals surface area contributed by atoms with E-state index in [-0.39, 0.29) is 12.3 Å². The van der Waals surface area contributed by atoms with Gasteiger partial charge in [0.25, 0.3) is 0 Å². The number of hydrogen-bond acceptors (Lipinski definition) is 4. The molecule has 120 valence electrons. The highest BCUT2D eigenvalue weighted by Gasteiger charge is 2.41. The number of aliphatic carboxylic acids is 1. The number of carbonyl (C=O) groups excluding carboxylic acids is 2. The maximum atomic E-state index is 12.5. The molecule has 1 unspecified atom stereocenters. The number of amides is 1. The van der Waals surface area contributed by atoms with Gasteiger partial charge in [0, 0.05) is 13.0 Å². The summed E-state index contributed by atoms with van der Waals surface area (Å²) >= 11 is 0. The molecule has 1 atom stereocenters. The van der Waals surface area contributed by atoms with Crippen LogP contribution in [0.25, 0.3) is 0 Å². The fourth-order valence-electron chi connectivity index (χ4n) is 2.88. The quantitative estimate of drug-likeness (QED) is 0.756. The van der Waals surface area contributed by atoms with Crippen LogP contribution < -0.4 is 0 Å². The SMILES string of the molecule is CCC(CC)(CC(=O)N1CCCCC1C(=O)OC)C(=O)O. The third kappa shape index (κ3) is 3.74. The molecule has 1 N–H and O–H groups in total. The van der Waals surface area contributed by atoms with Gasteiger partial charge in [-0.3, -0.25) is 9.59 Å². The summed E-state index contributed by atoms with van der Waals surface area (Å²) in [4.78, 5) is 37.3. The molecular weight excluding hydrogens is 274 g/mol. The van der Waals surface area contributed by atoms with Crippen molar-refractivity contribution in [1.29, 1.82) is 0 Å². The normalized spacial score (nSPS) is 19.2. The molecule has 0 saturated carbocycles. The van der Waals surface area contributed by atoms with Gasteiger partial charge in [0.15, 0.2) is 0 Å². The van der Waals surface area contributed by atoms with Crippen molar-refractivity contribution in [3.8, 4) is 0 Å². The number of ether oxygens (including phenoxy) is 1. The number of carbonyl (C=O) groups is 3. The monoisotopic (exact) mass is 299 g/mol. The molecule has 0 aromatic rings. The Kier molecular flexibility index (Phi) is 6.18. The molecule has 1 amide bonds. The summed E-state index contributed by atoms with van der Waals surface area (Å²) in [7, 11) is 1.30. The van der Waals surface area contributed by atoms with Crippen molar-refractivity contribution < 1.29 is 24.2 Å². The topological polar surface area (TPSA) is 83.9 Å². The van der Waals surface area contributed by atoms with Crippen LogP contribution >= 0.6 is 0 Å². The van der Waals surface area contributed by atoms with Gasteiger partial charge in [0.2, 0.25) is 5.91 Å². The van der Waals surface area contributed by atoms with Crippen LogP contribution in [-0.2, 0) is 19.1 Å². The molecule has 1 saturated heterocycles. The Hall–Kier alpha value is -1.59. The van der Waals surface area contributed by atoms with E-state index in [0.717, 1.165) is 12.8 Å². The Morgan fingerprint density at radius 2 is 1.86 bits per heavy atom. The van der Waals surface area contributed by atoms with Crippen molar-refractivity contribution in [2.45, 2.75) is 58.4 Å². The molecule has 21 heavy (non-hydrogen) atoms. The number of hydrogen-bond donors (Lipinski definition) is 1. The van der Waals surface area contributed by atoms with Gasteiger partial charge in [-0.05, 0) is 32.1 Å². The van der Waals surface area contributed by atoms with Crippen LogP contribution in [0.3, 0.4) is 0 Å². The van der Waals surface area contributed by atoms with Gasteiger partial charge in [0.05, 0.1) is 12.5 Å². The molecular formula is C15H25NO5. The highest BCUT2D eigenvalue weighted by atomic mass is 16.5. The molecule has 6 nitrogen and oxygen atoms in total. The number of nitrogens with zero attached hydrogens (tertiary/aromatic N) is 1. The zero-order valence-electron chi connectivity index (χ0n) is 13.1. The Balaban J connectivity index is 2.89. The molecule has 1 aliphatic rings. The van der Waals surface area contributed by atoms with Gasteiger partial charge in [-0.2, -0.15) is 0 Å². The van der Waals surface area contributed by atoms with Gasteiger partial charge < -0.3 is 14.7 Å². The van der Waals surface area contributed by atoms with Crippen LogP contribution in [0.2, 0.25) is 0 Å².